The van der Waals surface area contributed by atoms with E-state index in [4.69, 9.17) is 9.15 Å². The van der Waals surface area contributed by atoms with Crippen LogP contribution in [0, 0.1) is 27.9 Å². The topological polar surface area (TPSA) is 136 Å². The Balaban J connectivity index is 1.27. The Hall–Kier alpha value is -4.41. The molecule has 6 rings (SSSR count). The molecule has 0 saturated carbocycles. The van der Waals surface area contributed by atoms with Gasteiger partial charge in [0.1, 0.15) is 18.1 Å². The molecule has 4 atom stereocenters. The van der Waals surface area contributed by atoms with Crippen LogP contribution in [0.2, 0.25) is 0 Å². The van der Waals surface area contributed by atoms with Gasteiger partial charge in [0.05, 0.1) is 40.9 Å². The van der Waals surface area contributed by atoms with Crippen molar-refractivity contribution in [3.05, 3.63) is 99.3 Å². The van der Waals surface area contributed by atoms with Gasteiger partial charge in [-0.2, -0.15) is 0 Å². The monoisotopic (exact) mass is 583 g/mol. The number of aliphatic hydroxyl groups excluding tert-OH is 1. The predicted octanol–water partition coefficient (Wildman–Crippen LogP) is 5.72. The van der Waals surface area contributed by atoms with Crippen molar-refractivity contribution in [3.8, 4) is 0 Å². The molecule has 2 amide bonds. The summed E-state index contributed by atoms with van der Waals surface area (Å²) in [4.78, 5) is 44.0. The molecule has 2 fully saturated rings. The van der Waals surface area contributed by atoms with Gasteiger partial charge in [0.15, 0.2) is 0 Å². The van der Waals surface area contributed by atoms with Crippen molar-refractivity contribution in [1.82, 2.24) is 4.98 Å². The van der Waals surface area contributed by atoms with Crippen molar-refractivity contribution in [1.29, 1.82) is 0 Å². The first-order chi connectivity index (χ1) is 20.9. The number of nitro groups is 1. The van der Waals surface area contributed by atoms with Crippen molar-refractivity contribution in [2.24, 2.45) is 17.8 Å². The van der Waals surface area contributed by atoms with Gasteiger partial charge in [-0.3, -0.25) is 24.7 Å². The van der Waals surface area contributed by atoms with E-state index in [9.17, 15) is 24.8 Å². The van der Waals surface area contributed by atoms with Crippen LogP contribution in [0.25, 0.3) is 11.6 Å². The summed E-state index contributed by atoms with van der Waals surface area (Å²) in [5.74, 6) is -0.791. The zero-order chi connectivity index (χ0) is 30.1. The van der Waals surface area contributed by atoms with Crippen molar-refractivity contribution < 1.29 is 28.8 Å². The van der Waals surface area contributed by atoms with E-state index in [0.29, 0.717) is 37.4 Å². The number of pyridine rings is 1. The van der Waals surface area contributed by atoms with Crippen LogP contribution in [0.15, 0.2) is 76.4 Å². The Labute approximate surface area is 248 Å². The molecule has 1 N–H and O–H groups in total. The van der Waals surface area contributed by atoms with Gasteiger partial charge in [-0.05, 0) is 73.2 Å². The van der Waals surface area contributed by atoms with Gasteiger partial charge < -0.3 is 14.3 Å². The van der Waals surface area contributed by atoms with Crippen molar-refractivity contribution in [3.63, 3.8) is 0 Å². The van der Waals surface area contributed by atoms with E-state index < -0.39 is 16.8 Å². The van der Waals surface area contributed by atoms with Gasteiger partial charge >= 0.3 is 0 Å². The first kappa shape index (κ1) is 28.7. The highest BCUT2D eigenvalue weighted by molar-refractivity contribution is 6.22. The predicted molar refractivity (Wildman–Crippen MR) is 158 cm³/mol. The number of aliphatic hydroxyl groups is 1. The number of anilines is 1. The van der Waals surface area contributed by atoms with E-state index in [1.165, 1.54) is 23.8 Å². The maximum absolute atomic E-state index is 13.8. The number of non-ortho nitro benzene ring substituents is 1. The van der Waals surface area contributed by atoms with Gasteiger partial charge in [0.25, 0.3) is 5.69 Å². The molecule has 3 aliphatic rings. The van der Waals surface area contributed by atoms with Crippen LogP contribution in [-0.4, -0.2) is 39.5 Å². The third-order valence-corrected chi connectivity index (χ3v) is 8.68. The molecule has 1 aromatic carbocycles. The lowest BCUT2D eigenvalue weighted by molar-refractivity contribution is -0.384. The average molecular weight is 584 g/mol. The number of hydrogen-bond acceptors (Lipinski definition) is 8. The molecule has 2 aliphatic heterocycles. The fraction of sp³-hybridized carbons (Fsp3) is 0.364. The number of nitro benzene ring substituents is 1. The van der Waals surface area contributed by atoms with E-state index in [-0.39, 0.29) is 41.8 Å². The van der Waals surface area contributed by atoms with Gasteiger partial charge in [-0.25, -0.2) is 4.90 Å². The molecular weight excluding hydrogens is 550 g/mol. The number of aromatic nitrogens is 1. The van der Waals surface area contributed by atoms with Gasteiger partial charge in [-0.1, -0.05) is 31.1 Å². The molecule has 0 bridgehead atoms. The highest BCUT2D eigenvalue weighted by Gasteiger charge is 2.57. The number of carbonyl (C=O) groups excluding carboxylic acids is 2. The number of furan rings is 1. The number of amides is 2. The quantitative estimate of drug-likeness (QED) is 0.139. The molecule has 0 unspecified atom stereocenters. The molecule has 2 aromatic heterocycles. The van der Waals surface area contributed by atoms with Crippen LogP contribution in [0.3, 0.4) is 0 Å². The summed E-state index contributed by atoms with van der Waals surface area (Å²) >= 11 is 0. The Morgan fingerprint density at radius 2 is 2.00 bits per heavy atom. The van der Waals surface area contributed by atoms with Crippen LogP contribution >= 0.6 is 0 Å². The molecule has 43 heavy (non-hydrogen) atoms. The van der Waals surface area contributed by atoms with Crippen LogP contribution in [0.5, 0.6) is 0 Å². The largest absolute Gasteiger partial charge is 0.459 e. The summed E-state index contributed by atoms with van der Waals surface area (Å²) in [6.45, 7) is 2.26. The van der Waals surface area contributed by atoms with E-state index in [0.717, 1.165) is 34.6 Å². The van der Waals surface area contributed by atoms with Crippen LogP contribution in [-0.2, 0) is 20.9 Å². The Kier molecular flexibility index (Phi) is 8.05. The number of allylic oxidation sites excluding steroid dienone is 2. The van der Waals surface area contributed by atoms with E-state index >= 15 is 0 Å². The fourth-order valence-electron chi connectivity index (χ4n) is 6.85. The van der Waals surface area contributed by atoms with Crippen molar-refractivity contribution >= 4 is 34.8 Å². The third kappa shape index (κ3) is 5.44. The number of imide groups is 1. The minimum absolute atomic E-state index is 0.165. The van der Waals surface area contributed by atoms with Gasteiger partial charge in [0, 0.05) is 24.2 Å². The number of carbonyl (C=O) groups is 2. The lowest BCUT2D eigenvalue weighted by atomic mass is 9.68. The molecule has 0 spiro atoms. The van der Waals surface area contributed by atoms with Crippen LogP contribution in [0.4, 0.5) is 11.4 Å². The molecule has 1 aliphatic carbocycles. The third-order valence-electron chi connectivity index (χ3n) is 8.68. The average Bonchev–Trinajstić information content (AvgIpc) is 3.72. The summed E-state index contributed by atoms with van der Waals surface area (Å²) in [5.41, 5.74) is 4.16. The molecule has 0 radical (unpaired) electrons. The maximum Gasteiger partial charge on any atom is 0.271 e. The molecular formula is C33H33N3O7. The van der Waals surface area contributed by atoms with E-state index in [1.807, 2.05) is 30.3 Å². The summed E-state index contributed by atoms with van der Waals surface area (Å²) < 4.78 is 12.1. The SMILES string of the molecule is CCCC1=C2[C@@H](CC/C(=C/c3ccc(CO)o3)c3ccccn3)OC[C@@H]2[C@@H]2C(=O)N(c3cccc([N+](=O)[O-])c3)C(=O)[C@@H]2C1. The second-order valence-electron chi connectivity index (χ2n) is 11.2. The normalized spacial score (nSPS) is 23.6. The molecule has 222 valence electrons. The van der Waals surface area contributed by atoms with Crippen LogP contribution < -0.4 is 4.90 Å². The molecule has 3 aromatic rings. The highest BCUT2D eigenvalue weighted by atomic mass is 16.6. The zero-order valence-electron chi connectivity index (χ0n) is 23.8. The number of ether oxygens (including phenoxy) is 1. The van der Waals surface area contributed by atoms with E-state index in [1.54, 1.807) is 18.3 Å². The van der Waals surface area contributed by atoms with Gasteiger partial charge in [-0.15, -0.1) is 0 Å². The lowest BCUT2D eigenvalue weighted by Gasteiger charge is -2.32. The molecule has 2 saturated heterocycles. The summed E-state index contributed by atoms with van der Waals surface area (Å²) in [5, 5.41) is 20.8. The number of hydrogen-bond donors (Lipinski definition) is 1. The Morgan fingerprint density at radius 1 is 1.14 bits per heavy atom. The van der Waals surface area contributed by atoms with Crippen molar-refractivity contribution in [2.75, 3.05) is 11.5 Å². The number of benzene rings is 1. The Morgan fingerprint density at radius 3 is 2.72 bits per heavy atom. The number of fused-ring (bicyclic) bond motifs is 3. The molecule has 4 heterocycles. The molecule has 10 heteroatoms. The van der Waals surface area contributed by atoms with Gasteiger partial charge in [0.2, 0.25) is 11.8 Å². The maximum atomic E-state index is 13.8. The smallest absolute Gasteiger partial charge is 0.271 e. The fourth-order valence-corrected chi connectivity index (χ4v) is 6.85. The molecule has 10 nitrogen and oxygen atoms in total. The minimum atomic E-state index is -0.557. The number of nitrogens with zero attached hydrogens (tertiary/aromatic N) is 3. The standard InChI is InChI=1S/C33H33N3O7/c1-2-6-21-16-26-31(33(39)35(32(26)38)22-7-5-8-23(17-22)36(40)41)27-19-42-29(30(21)27)13-10-20(28-9-3-4-14-34-28)15-24-11-12-25(18-37)43-24/h3-5,7-9,11-12,14-15,17,26-27,29,31,37H,2,6,10,13,16,18-19H2,1H3/b20-15-/t26-,27+,29-,31-/m1/s1. The Bertz CT molecular complexity index is 1610. The van der Waals surface area contributed by atoms with Crippen LogP contribution in [0.1, 0.15) is 56.2 Å². The van der Waals surface area contributed by atoms with Crippen molar-refractivity contribution in [2.45, 2.75) is 51.7 Å². The zero-order valence-corrected chi connectivity index (χ0v) is 23.8. The summed E-state index contributed by atoms with van der Waals surface area (Å²) in [6.07, 6.45) is 6.95. The minimum Gasteiger partial charge on any atom is -0.459 e. The second-order valence-corrected chi connectivity index (χ2v) is 11.2. The first-order valence-corrected chi connectivity index (χ1v) is 14.7. The summed E-state index contributed by atoms with van der Waals surface area (Å²) in [7, 11) is 0. The first-order valence-electron chi connectivity index (χ1n) is 14.7. The van der Waals surface area contributed by atoms with E-state index in [2.05, 4.69) is 11.9 Å². The second kappa shape index (κ2) is 12.1. The summed E-state index contributed by atoms with van der Waals surface area (Å²) in [6, 6.07) is 15.0. The highest BCUT2D eigenvalue weighted by Crippen LogP contribution is 2.51. The number of rotatable bonds is 10. The lowest BCUT2D eigenvalue weighted by Crippen LogP contribution is -2.34.